The van der Waals surface area contributed by atoms with Gasteiger partial charge in [0, 0.05) is 25.5 Å². The molecule has 0 spiro atoms. The van der Waals surface area contributed by atoms with E-state index in [1.165, 1.54) is 0 Å². The zero-order valence-corrected chi connectivity index (χ0v) is 10.8. The van der Waals surface area contributed by atoms with E-state index in [1.807, 2.05) is 37.3 Å². The molecule has 1 aromatic rings. The Hall–Kier alpha value is -1.61. The van der Waals surface area contributed by atoms with E-state index in [4.69, 9.17) is 5.11 Å². The van der Waals surface area contributed by atoms with E-state index in [0.717, 1.165) is 5.56 Å². The number of carbonyl (C=O) groups is 1. The number of carbonyl (C=O) groups excluding carboxylic acids is 1. The zero-order chi connectivity index (χ0) is 13.4. The van der Waals surface area contributed by atoms with Crippen molar-refractivity contribution in [2.45, 2.75) is 19.3 Å². The van der Waals surface area contributed by atoms with Crippen molar-refractivity contribution in [3.8, 4) is 0 Å². The van der Waals surface area contributed by atoms with Crippen LogP contribution in [-0.2, 0) is 4.79 Å². The summed E-state index contributed by atoms with van der Waals surface area (Å²) >= 11 is 0. The Morgan fingerprint density at radius 3 is 2.67 bits per heavy atom. The number of allylic oxidation sites excluding steroid dienone is 1. The van der Waals surface area contributed by atoms with Crippen LogP contribution in [0.3, 0.4) is 0 Å². The third-order valence-electron chi connectivity index (χ3n) is 2.88. The van der Waals surface area contributed by atoms with Crippen LogP contribution in [0.1, 0.15) is 24.8 Å². The van der Waals surface area contributed by atoms with Gasteiger partial charge in [0.25, 0.3) is 0 Å². The fourth-order valence-corrected chi connectivity index (χ4v) is 1.66. The number of nitrogens with one attached hydrogen (secondary N) is 1. The minimum absolute atomic E-state index is 0.0101. The molecule has 0 saturated heterocycles. The minimum atomic E-state index is -0.0101. The molecule has 0 aliphatic heterocycles. The molecule has 0 aromatic heterocycles. The first-order valence-corrected chi connectivity index (χ1v) is 6.22. The maximum absolute atomic E-state index is 11.8. The summed E-state index contributed by atoms with van der Waals surface area (Å²) in [4.78, 5) is 11.8. The number of rotatable bonds is 7. The first-order valence-electron chi connectivity index (χ1n) is 6.22. The molecular formula is C15H21NO2. The topological polar surface area (TPSA) is 49.3 Å². The van der Waals surface area contributed by atoms with Crippen molar-refractivity contribution in [1.29, 1.82) is 0 Å². The zero-order valence-electron chi connectivity index (χ0n) is 10.8. The Bertz CT molecular complexity index is 375. The summed E-state index contributed by atoms with van der Waals surface area (Å²) in [5.41, 5.74) is 1.10. The Morgan fingerprint density at radius 1 is 1.44 bits per heavy atom. The van der Waals surface area contributed by atoms with Crippen molar-refractivity contribution < 1.29 is 9.90 Å². The number of aliphatic hydroxyl groups excluding tert-OH is 1. The van der Waals surface area contributed by atoms with E-state index in [-0.39, 0.29) is 24.3 Å². The summed E-state index contributed by atoms with van der Waals surface area (Å²) in [5, 5.41) is 11.7. The van der Waals surface area contributed by atoms with Crippen molar-refractivity contribution >= 4 is 5.91 Å². The van der Waals surface area contributed by atoms with Crippen molar-refractivity contribution in [3.05, 3.63) is 48.6 Å². The number of hydrogen-bond acceptors (Lipinski definition) is 2. The van der Waals surface area contributed by atoms with Gasteiger partial charge in [-0.25, -0.2) is 0 Å². The van der Waals surface area contributed by atoms with Crippen molar-refractivity contribution in [3.63, 3.8) is 0 Å². The van der Waals surface area contributed by atoms with Crippen LogP contribution in [0.25, 0.3) is 0 Å². The second-order valence-corrected chi connectivity index (χ2v) is 4.55. The SMILES string of the molecule is C=CC(CC(=O)NCC(C)CO)c1ccccc1. The van der Waals surface area contributed by atoms with Gasteiger partial charge in [-0.05, 0) is 11.5 Å². The van der Waals surface area contributed by atoms with Gasteiger partial charge >= 0.3 is 0 Å². The number of hydrogen-bond donors (Lipinski definition) is 2. The van der Waals surface area contributed by atoms with Gasteiger partial charge in [-0.3, -0.25) is 4.79 Å². The van der Waals surface area contributed by atoms with E-state index < -0.39 is 0 Å². The van der Waals surface area contributed by atoms with E-state index in [1.54, 1.807) is 6.08 Å². The van der Waals surface area contributed by atoms with E-state index >= 15 is 0 Å². The molecule has 3 heteroatoms. The maximum Gasteiger partial charge on any atom is 0.220 e. The predicted molar refractivity (Wildman–Crippen MR) is 73.3 cm³/mol. The lowest BCUT2D eigenvalue weighted by molar-refractivity contribution is -0.121. The molecule has 98 valence electrons. The molecule has 18 heavy (non-hydrogen) atoms. The molecule has 3 nitrogen and oxygen atoms in total. The third kappa shape index (κ3) is 4.72. The van der Waals surface area contributed by atoms with Crippen LogP contribution in [0, 0.1) is 5.92 Å². The van der Waals surface area contributed by atoms with Gasteiger partial charge in [0.15, 0.2) is 0 Å². The quantitative estimate of drug-likeness (QED) is 0.725. The van der Waals surface area contributed by atoms with Gasteiger partial charge in [0.05, 0.1) is 0 Å². The molecule has 0 radical (unpaired) electrons. The van der Waals surface area contributed by atoms with Gasteiger partial charge in [-0.15, -0.1) is 6.58 Å². The third-order valence-corrected chi connectivity index (χ3v) is 2.88. The van der Waals surface area contributed by atoms with Crippen LogP contribution < -0.4 is 5.32 Å². The average molecular weight is 247 g/mol. The fourth-order valence-electron chi connectivity index (χ4n) is 1.66. The Morgan fingerprint density at radius 2 is 2.11 bits per heavy atom. The van der Waals surface area contributed by atoms with Gasteiger partial charge in [-0.2, -0.15) is 0 Å². The molecule has 0 bridgehead atoms. The lowest BCUT2D eigenvalue weighted by atomic mass is 9.95. The van der Waals surface area contributed by atoms with E-state index in [0.29, 0.717) is 13.0 Å². The van der Waals surface area contributed by atoms with Gasteiger partial charge in [0.2, 0.25) is 5.91 Å². The van der Waals surface area contributed by atoms with Crippen LogP contribution in [0.4, 0.5) is 0 Å². The van der Waals surface area contributed by atoms with Crippen molar-refractivity contribution in [1.82, 2.24) is 5.32 Å². The van der Waals surface area contributed by atoms with Crippen molar-refractivity contribution in [2.24, 2.45) is 5.92 Å². The highest BCUT2D eigenvalue weighted by atomic mass is 16.3. The van der Waals surface area contributed by atoms with Crippen LogP contribution in [-0.4, -0.2) is 24.2 Å². The smallest absolute Gasteiger partial charge is 0.220 e. The van der Waals surface area contributed by atoms with Gasteiger partial charge < -0.3 is 10.4 Å². The summed E-state index contributed by atoms with van der Waals surface area (Å²) in [7, 11) is 0. The monoisotopic (exact) mass is 247 g/mol. The van der Waals surface area contributed by atoms with Crippen LogP contribution in [0.2, 0.25) is 0 Å². The van der Waals surface area contributed by atoms with E-state index in [9.17, 15) is 4.79 Å². The second-order valence-electron chi connectivity index (χ2n) is 4.55. The molecule has 0 fully saturated rings. The summed E-state index contributed by atoms with van der Waals surface area (Å²) in [6, 6.07) is 9.85. The largest absolute Gasteiger partial charge is 0.396 e. The van der Waals surface area contributed by atoms with Gasteiger partial charge in [-0.1, -0.05) is 43.3 Å². The van der Waals surface area contributed by atoms with E-state index in [2.05, 4.69) is 11.9 Å². The highest BCUT2D eigenvalue weighted by Crippen LogP contribution is 2.20. The van der Waals surface area contributed by atoms with Crippen LogP contribution in [0.15, 0.2) is 43.0 Å². The first-order chi connectivity index (χ1) is 8.67. The molecule has 0 aliphatic carbocycles. The fraction of sp³-hybridized carbons (Fsp3) is 0.400. The average Bonchev–Trinajstić information content (AvgIpc) is 2.43. The standard InChI is InChI=1S/C15H21NO2/c1-3-13(14-7-5-4-6-8-14)9-15(18)16-10-12(2)11-17/h3-8,12-13,17H,1,9-11H2,2H3,(H,16,18). The minimum Gasteiger partial charge on any atom is -0.396 e. The first kappa shape index (κ1) is 14.5. The van der Waals surface area contributed by atoms with Gasteiger partial charge in [0.1, 0.15) is 0 Å². The molecular weight excluding hydrogens is 226 g/mol. The van der Waals surface area contributed by atoms with Crippen LogP contribution >= 0.6 is 0 Å². The molecule has 0 heterocycles. The van der Waals surface area contributed by atoms with Crippen LogP contribution in [0.5, 0.6) is 0 Å². The lowest BCUT2D eigenvalue weighted by Crippen LogP contribution is -2.30. The molecule has 2 unspecified atom stereocenters. The molecule has 0 saturated carbocycles. The van der Waals surface area contributed by atoms with Crippen molar-refractivity contribution in [2.75, 3.05) is 13.2 Å². The lowest BCUT2D eigenvalue weighted by Gasteiger charge is -2.14. The highest BCUT2D eigenvalue weighted by molar-refractivity contribution is 5.77. The Labute approximate surface area is 109 Å². The molecule has 2 N–H and O–H groups in total. The number of amides is 1. The Kier molecular flexibility index (Phi) is 6.15. The highest BCUT2D eigenvalue weighted by Gasteiger charge is 2.12. The Balaban J connectivity index is 2.49. The second kappa shape index (κ2) is 7.67. The maximum atomic E-state index is 11.8. The predicted octanol–water partition coefficient (Wildman–Crippen LogP) is 2.09. The number of benzene rings is 1. The number of aliphatic hydroxyl groups is 1. The molecule has 1 rings (SSSR count). The summed E-state index contributed by atoms with van der Waals surface area (Å²) < 4.78 is 0. The molecule has 2 atom stereocenters. The molecule has 1 aromatic carbocycles. The summed E-state index contributed by atoms with van der Waals surface area (Å²) in [6.07, 6.45) is 2.19. The normalized spacial score (nSPS) is 13.7. The molecule has 0 aliphatic rings. The summed E-state index contributed by atoms with van der Waals surface area (Å²) in [5.74, 6) is 0.118. The molecule has 1 amide bonds. The summed E-state index contributed by atoms with van der Waals surface area (Å²) in [6.45, 7) is 6.27.